The van der Waals surface area contributed by atoms with Crippen LogP contribution in [0, 0.1) is 6.92 Å². The molecule has 0 fully saturated rings. The molecule has 0 saturated carbocycles. The highest BCUT2D eigenvalue weighted by molar-refractivity contribution is 5.94. The van der Waals surface area contributed by atoms with E-state index in [1.165, 1.54) is 11.6 Å². The summed E-state index contributed by atoms with van der Waals surface area (Å²) in [5.41, 5.74) is 2.17. The van der Waals surface area contributed by atoms with Crippen molar-refractivity contribution >= 4 is 16.9 Å². The molecule has 0 radical (unpaired) electrons. The van der Waals surface area contributed by atoms with Crippen LogP contribution in [0.4, 0.5) is 0 Å². The molecule has 7 heteroatoms. The van der Waals surface area contributed by atoms with Crippen LogP contribution in [0.3, 0.4) is 0 Å². The number of carbonyl (C=O) groups excluding carboxylic acids is 1. The Hall–Kier alpha value is -3.09. The van der Waals surface area contributed by atoms with Gasteiger partial charge in [-0.2, -0.15) is 0 Å². The second kappa shape index (κ2) is 6.67. The van der Waals surface area contributed by atoms with Gasteiger partial charge in [-0.3, -0.25) is 18.7 Å². The molecule has 0 aliphatic heterocycles. The Morgan fingerprint density at radius 1 is 1.08 bits per heavy atom. The van der Waals surface area contributed by atoms with Gasteiger partial charge in [0, 0.05) is 20.3 Å². The molecule has 0 aliphatic rings. The Kier molecular flexibility index (Phi) is 4.54. The van der Waals surface area contributed by atoms with E-state index < -0.39 is 11.7 Å². The van der Waals surface area contributed by atoms with Crippen molar-refractivity contribution in [1.82, 2.24) is 13.7 Å². The molecule has 0 bridgehead atoms. The van der Waals surface area contributed by atoms with E-state index in [4.69, 9.17) is 4.74 Å². The van der Waals surface area contributed by atoms with Gasteiger partial charge >= 0.3 is 11.7 Å². The first-order chi connectivity index (χ1) is 12.3. The monoisotopic (exact) mass is 355 g/mol. The summed E-state index contributed by atoms with van der Waals surface area (Å²) in [7, 11) is 3.06. The van der Waals surface area contributed by atoms with E-state index in [2.05, 4.69) is 0 Å². The molecule has 3 aromatic rings. The predicted octanol–water partition coefficient (Wildman–Crippen LogP) is 1.58. The second-order valence-electron chi connectivity index (χ2n) is 6.24. The maximum Gasteiger partial charge on any atom is 0.330 e. The summed E-state index contributed by atoms with van der Waals surface area (Å²) >= 11 is 0. The number of esters is 1. The molecule has 0 amide bonds. The van der Waals surface area contributed by atoms with Crippen LogP contribution in [-0.2, 0) is 30.2 Å². The van der Waals surface area contributed by atoms with Gasteiger partial charge < -0.3 is 9.30 Å². The summed E-state index contributed by atoms with van der Waals surface area (Å²) in [6.45, 7) is 3.95. The third kappa shape index (κ3) is 2.85. The molecule has 0 aliphatic carbocycles. The number of fused-ring (bicyclic) bond motifs is 1. The largest absolute Gasteiger partial charge is 0.465 e. The van der Waals surface area contributed by atoms with Crippen LogP contribution in [0.2, 0.25) is 0 Å². The number of carbonyl (C=O) groups is 1. The van der Waals surface area contributed by atoms with Gasteiger partial charge in [0.1, 0.15) is 6.54 Å². The van der Waals surface area contributed by atoms with Gasteiger partial charge in [-0.05, 0) is 19.4 Å². The van der Waals surface area contributed by atoms with E-state index >= 15 is 0 Å². The first-order valence-corrected chi connectivity index (χ1v) is 8.36. The van der Waals surface area contributed by atoms with Gasteiger partial charge in [0.2, 0.25) is 0 Å². The fourth-order valence-corrected chi connectivity index (χ4v) is 3.08. The molecule has 136 valence electrons. The molecule has 2 aromatic heterocycles. The van der Waals surface area contributed by atoms with Gasteiger partial charge in [0.15, 0.2) is 0 Å². The summed E-state index contributed by atoms with van der Waals surface area (Å²) in [5, 5.41) is 0.405. The number of hydrogen-bond donors (Lipinski definition) is 0. The zero-order valence-corrected chi connectivity index (χ0v) is 15.3. The Morgan fingerprint density at radius 3 is 2.35 bits per heavy atom. The van der Waals surface area contributed by atoms with Crippen LogP contribution in [0.15, 0.2) is 40.1 Å². The number of nitrogens with zero attached hydrogens (tertiary/aromatic N) is 3. The van der Waals surface area contributed by atoms with Crippen molar-refractivity contribution < 1.29 is 9.53 Å². The van der Waals surface area contributed by atoms with Gasteiger partial charge in [-0.25, -0.2) is 4.79 Å². The van der Waals surface area contributed by atoms with Gasteiger partial charge in [0.05, 0.1) is 23.2 Å². The van der Waals surface area contributed by atoms with Gasteiger partial charge in [0.25, 0.3) is 5.56 Å². The maximum atomic E-state index is 12.8. The lowest BCUT2D eigenvalue weighted by atomic mass is 10.1. The third-order valence-electron chi connectivity index (χ3n) is 4.44. The number of aryl methyl sites for hydroxylation is 2. The first-order valence-electron chi connectivity index (χ1n) is 8.36. The van der Waals surface area contributed by atoms with Crippen LogP contribution in [-0.4, -0.2) is 26.3 Å². The number of rotatable bonds is 4. The molecule has 0 atom stereocenters. The highest BCUT2D eigenvalue weighted by atomic mass is 16.5. The number of hydrogen-bond acceptors (Lipinski definition) is 4. The molecule has 0 unspecified atom stereocenters. The number of ether oxygens (including phenoxy) is 1. The van der Waals surface area contributed by atoms with Crippen LogP contribution in [0.25, 0.3) is 22.2 Å². The Bertz CT molecular complexity index is 1100. The summed E-state index contributed by atoms with van der Waals surface area (Å²) in [4.78, 5) is 37.1. The highest BCUT2D eigenvalue weighted by Gasteiger charge is 2.20. The van der Waals surface area contributed by atoms with Crippen LogP contribution in [0.1, 0.15) is 12.5 Å². The third-order valence-corrected chi connectivity index (χ3v) is 4.44. The number of aromatic nitrogens is 3. The molecule has 2 heterocycles. The van der Waals surface area contributed by atoms with Crippen molar-refractivity contribution in [2.45, 2.75) is 20.4 Å². The molecular weight excluding hydrogens is 334 g/mol. The summed E-state index contributed by atoms with van der Waals surface area (Å²) in [6.07, 6.45) is 1.66. The van der Waals surface area contributed by atoms with E-state index in [9.17, 15) is 14.4 Å². The van der Waals surface area contributed by atoms with Crippen molar-refractivity contribution in [1.29, 1.82) is 0 Å². The molecule has 1 aromatic carbocycles. The Labute approximate surface area is 150 Å². The fraction of sp³-hybridized carbons (Fsp3) is 0.316. The lowest BCUT2D eigenvalue weighted by Crippen LogP contribution is -2.36. The smallest absolute Gasteiger partial charge is 0.330 e. The zero-order valence-electron chi connectivity index (χ0n) is 15.3. The SMILES string of the molecule is CCOC(=O)Cn1cc2c(c1-c1ccc(C)cc1)c(=O)n(C)c(=O)n2C. The highest BCUT2D eigenvalue weighted by Crippen LogP contribution is 2.28. The topological polar surface area (TPSA) is 75.2 Å². The lowest BCUT2D eigenvalue weighted by molar-refractivity contribution is -0.143. The summed E-state index contributed by atoms with van der Waals surface area (Å²) < 4.78 is 9.21. The molecule has 7 nitrogen and oxygen atoms in total. The minimum absolute atomic E-state index is 0.0386. The van der Waals surface area contributed by atoms with Crippen molar-refractivity contribution in [2.75, 3.05) is 6.61 Å². The van der Waals surface area contributed by atoms with E-state index in [1.54, 1.807) is 24.7 Å². The predicted molar refractivity (Wildman–Crippen MR) is 99.2 cm³/mol. The Balaban J connectivity index is 2.37. The summed E-state index contributed by atoms with van der Waals surface area (Å²) in [6, 6.07) is 7.68. The minimum atomic E-state index is -0.411. The molecule has 0 spiro atoms. The normalized spacial score (nSPS) is 11.1. The van der Waals surface area contributed by atoms with Crippen molar-refractivity contribution in [3.63, 3.8) is 0 Å². The molecule has 3 rings (SSSR count). The molecule has 0 saturated heterocycles. The average Bonchev–Trinajstić information content (AvgIpc) is 2.98. The lowest BCUT2D eigenvalue weighted by Gasteiger charge is -2.10. The van der Waals surface area contributed by atoms with Crippen LogP contribution >= 0.6 is 0 Å². The van der Waals surface area contributed by atoms with Crippen molar-refractivity contribution in [3.05, 3.63) is 56.9 Å². The van der Waals surface area contributed by atoms with E-state index in [1.807, 2.05) is 31.2 Å². The van der Waals surface area contributed by atoms with Crippen molar-refractivity contribution in [3.8, 4) is 11.3 Å². The second-order valence-corrected chi connectivity index (χ2v) is 6.24. The first kappa shape index (κ1) is 17.7. The molecule has 0 N–H and O–H groups in total. The van der Waals surface area contributed by atoms with Crippen molar-refractivity contribution in [2.24, 2.45) is 14.1 Å². The number of benzene rings is 1. The van der Waals surface area contributed by atoms with Crippen LogP contribution in [0.5, 0.6) is 0 Å². The Morgan fingerprint density at radius 2 is 1.73 bits per heavy atom. The van der Waals surface area contributed by atoms with E-state index in [0.29, 0.717) is 16.6 Å². The quantitative estimate of drug-likeness (QED) is 0.666. The van der Waals surface area contributed by atoms with Gasteiger partial charge in [-0.1, -0.05) is 29.8 Å². The average molecular weight is 355 g/mol. The molecule has 26 heavy (non-hydrogen) atoms. The maximum absolute atomic E-state index is 12.8. The standard InChI is InChI=1S/C19H21N3O4/c1-5-26-15(23)11-22-10-14-16(18(24)21(4)19(25)20(14)3)17(22)13-8-6-12(2)7-9-13/h6-10H,5,11H2,1-4H3. The van der Waals surface area contributed by atoms with E-state index in [-0.39, 0.29) is 18.7 Å². The molecular formula is C19H21N3O4. The summed E-state index contributed by atoms with van der Waals surface area (Å²) in [5.74, 6) is -0.400. The fourth-order valence-electron chi connectivity index (χ4n) is 3.08. The zero-order chi connectivity index (χ0) is 19.0. The van der Waals surface area contributed by atoms with E-state index in [0.717, 1.165) is 15.7 Å². The van der Waals surface area contributed by atoms with Crippen LogP contribution < -0.4 is 11.2 Å². The minimum Gasteiger partial charge on any atom is -0.465 e. The van der Waals surface area contributed by atoms with Gasteiger partial charge in [-0.15, -0.1) is 0 Å².